The van der Waals surface area contributed by atoms with Crippen LogP contribution in [0.15, 0.2) is 59.3 Å². The van der Waals surface area contributed by atoms with Crippen LogP contribution in [-0.4, -0.2) is 10.2 Å². The summed E-state index contributed by atoms with van der Waals surface area (Å²) in [5, 5.41) is 19.3. The minimum atomic E-state index is -0.537. The fourth-order valence-corrected chi connectivity index (χ4v) is 2.25. The summed E-state index contributed by atoms with van der Waals surface area (Å²) in [7, 11) is 0. The molecule has 0 atom stereocenters. The molecule has 0 fully saturated rings. The van der Waals surface area contributed by atoms with Crippen LogP contribution >= 0.6 is 22.7 Å². The first-order valence-electron chi connectivity index (χ1n) is 6.88. The van der Waals surface area contributed by atoms with E-state index < -0.39 is 11.6 Å². The van der Waals surface area contributed by atoms with Gasteiger partial charge in [0, 0.05) is 0 Å². The van der Waals surface area contributed by atoms with Crippen molar-refractivity contribution in [1.29, 1.82) is 0 Å². The van der Waals surface area contributed by atoms with Crippen LogP contribution in [0.5, 0.6) is 10.1 Å². The predicted octanol–water partition coefficient (Wildman–Crippen LogP) is 5.79. The van der Waals surface area contributed by atoms with Crippen LogP contribution in [0.25, 0.3) is 0 Å². The van der Waals surface area contributed by atoms with Crippen LogP contribution in [0, 0.1) is 23.8 Å². The summed E-state index contributed by atoms with van der Waals surface area (Å²) >= 11 is 1.97. The van der Waals surface area contributed by atoms with Gasteiger partial charge in [-0.3, -0.25) is 12.2 Å². The van der Waals surface area contributed by atoms with Crippen molar-refractivity contribution in [2.45, 2.75) is 12.8 Å². The number of halogens is 2. The molecule has 0 aliphatic heterocycles. The maximum Gasteiger partial charge on any atom is 2.00 e. The molecule has 2 aromatic rings. The first kappa shape index (κ1) is 23.7. The molecule has 7 heteroatoms. The molecule has 0 spiro atoms. The van der Waals surface area contributed by atoms with E-state index in [4.69, 9.17) is 10.2 Å². The molecule has 0 saturated carbocycles. The Balaban J connectivity index is 0.000000307. The normalized spacial score (nSPS) is 12.2. The van der Waals surface area contributed by atoms with Gasteiger partial charge < -0.3 is 10.2 Å². The van der Waals surface area contributed by atoms with Crippen LogP contribution < -0.4 is 0 Å². The van der Waals surface area contributed by atoms with Crippen LogP contribution in [0.3, 0.4) is 0 Å². The minimum Gasteiger partial charge on any atom is -0.497 e. The zero-order valence-electron chi connectivity index (χ0n) is 13.2. The van der Waals surface area contributed by atoms with E-state index >= 15 is 0 Å². The van der Waals surface area contributed by atoms with E-state index in [2.05, 4.69) is 24.3 Å². The van der Waals surface area contributed by atoms with Gasteiger partial charge in [-0.05, 0) is 22.9 Å². The van der Waals surface area contributed by atoms with Gasteiger partial charge in [-0.15, -0.1) is 35.5 Å². The van der Waals surface area contributed by atoms with Crippen LogP contribution in [-0.2, 0) is 26.2 Å². The van der Waals surface area contributed by atoms with Crippen molar-refractivity contribution in [2.24, 2.45) is 0 Å². The fraction of sp³-hybridized carbons (Fsp3) is 0.111. The number of hydrogen-bond acceptors (Lipinski definition) is 4. The van der Waals surface area contributed by atoms with Crippen molar-refractivity contribution in [1.82, 2.24) is 0 Å². The Morgan fingerprint density at radius 2 is 1.20 bits per heavy atom. The minimum absolute atomic E-state index is 0. The van der Waals surface area contributed by atoms with Gasteiger partial charge in [0.15, 0.2) is 11.6 Å². The van der Waals surface area contributed by atoms with E-state index in [1.807, 2.05) is 24.3 Å². The summed E-state index contributed by atoms with van der Waals surface area (Å²) in [5.41, 5.74) is 0. The Morgan fingerprint density at radius 1 is 0.800 bits per heavy atom. The third kappa shape index (κ3) is 11.8. The maximum atomic E-state index is 11.8. The van der Waals surface area contributed by atoms with Crippen LogP contribution in [0.4, 0.5) is 8.78 Å². The largest absolute Gasteiger partial charge is 2.00 e. The molecule has 4 rings (SSSR count). The Bertz CT molecular complexity index is 590. The molecular formula is C18H16F2O2S2Zr. The zero-order valence-corrected chi connectivity index (χ0v) is 17.2. The molecule has 25 heavy (non-hydrogen) atoms. The van der Waals surface area contributed by atoms with Crippen molar-refractivity contribution in [3.05, 3.63) is 83.1 Å². The first-order chi connectivity index (χ1) is 11.6. The molecule has 0 bridgehead atoms. The summed E-state index contributed by atoms with van der Waals surface area (Å²) in [6.45, 7) is 0. The second-order valence-corrected chi connectivity index (χ2v) is 5.94. The van der Waals surface area contributed by atoms with Crippen molar-refractivity contribution >= 4 is 22.7 Å². The van der Waals surface area contributed by atoms with E-state index in [-0.39, 0.29) is 36.3 Å². The van der Waals surface area contributed by atoms with Gasteiger partial charge in [-0.25, -0.2) is 33.1 Å². The molecule has 130 valence electrons. The van der Waals surface area contributed by atoms with E-state index in [1.54, 1.807) is 0 Å². The van der Waals surface area contributed by atoms with Crippen molar-refractivity contribution in [2.75, 3.05) is 0 Å². The van der Waals surface area contributed by atoms with Gasteiger partial charge in [0.25, 0.3) is 0 Å². The summed E-state index contributed by atoms with van der Waals surface area (Å²) in [5.74, 6) is -1.07. The third-order valence-electron chi connectivity index (χ3n) is 2.37. The van der Waals surface area contributed by atoms with E-state index in [0.717, 1.165) is 35.5 Å². The molecule has 0 radical (unpaired) electrons. The van der Waals surface area contributed by atoms with E-state index in [0.29, 0.717) is 0 Å². The third-order valence-corrected chi connectivity index (χ3v) is 3.75. The summed E-state index contributed by atoms with van der Waals surface area (Å²) < 4.78 is 23.7. The van der Waals surface area contributed by atoms with Gasteiger partial charge in [0.05, 0.1) is 0 Å². The molecule has 2 N–H and O–H groups in total. The molecular weight excluding hydrogens is 442 g/mol. The molecule has 2 aliphatic rings. The Labute approximate surface area is 173 Å². The summed E-state index contributed by atoms with van der Waals surface area (Å²) in [6.07, 6.45) is 20.0. The Kier molecular flexibility index (Phi) is 14.2. The van der Waals surface area contributed by atoms with E-state index in [9.17, 15) is 8.78 Å². The quantitative estimate of drug-likeness (QED) is 0.491. The molecule has 2 aliphatic carbocycles. The number of thiophene rings is 2. The van der Waals surface area contributed by atoms with E-state index in [1.165, 1.54) is 22.9 Å². The second kappa shape index (κ2) is 15.0. The van der Waals surface area contributed by atoms with Crippen molar-refractivity contribution < 1.29 is 45.2 Å². The monoisotopic (exact) mass is 456 g/mol. The summed E-state index contributed by atoms with van der Waals surface area (Å²) in [4.78, 5) is 0. The zero-order chi connectivity index (χ0) is 17.6. The average Bonchev–Trinajstić information content (AvgIpc) is 3.36. The molecule has 2 aromatic heterocycles. The second-order valence-electron chi connectivity index (χ2n) is 4.15. The maximum absolute atomic E-state index is 11.8. The molecule has 0 amide bonds. The average molecular weight is 458 g/mol. The SMILES string of the molecule is Oc1sccc1F.Oc1sccc1F.[C-]1=CC=CC1.[C-]1=CC=CC1.[Zr+2]. The molecule has 0 aromatic carbocycles. The van der Waals surface area contributed by atoms with Crippen LogP contribution in [0.2, 0.25) is 0 Å². The molecule has 0 unspecified atom stereocenters. The number of aromatic hydroxyl groups is 2. The fourth-order valence-electron chi connectivity index (χ4n) is 1.25. The number of allylic oxidation sites excluding steroid dienone is 8. The topological polar surface area (TPSA) is 40.5 Å². The van der Waals surface area contributed by atoms with Gasteiger partial charge in [0.1, 0.15) is 0 Å². The molecule has 2 heterocycles. The van der Waals surface area contributed by atoms with Gasteiger partial charge in [0.2, 0.25) is 10.1 Å². The predicted molar refractivity (Wildman–Crippen MR) is 95.0 cm³/mol. The van der Waals surface area contributed by atoms with Gasteiger partial charge in [-0.2, -0.15) is 12.2 Å². The van der Waals surface area contributed by atoms with Gasteiger partial charge in [-0.1, -0.05) is 0 Å². The smallest absolute Gasteiger partial charge is 0.497 e. The Morgan fingerprint density at radius 3 is 1.28 bits per heavy atom. The Hall–Kier alpha value is -1.30. The molecule has 0 saturated heterocycles. The van der Waals surface area contributed by atoms with Gasteiger partial charge >= 0.3 is 26.2 Å². The first-order valence-corrected chi connectivity index (χ1v) is 8.64. The number of rotatable bonds is 0. The number of hydrogen-bond donors (Lipinski definition) is 2. The molecule has 2 nitrogen and oxygen atoms in total. The summed E-state index contributed by atoms with van der Waals surface area (Å²) in [6, 6.07) is 2.44. The standard InChI is InChI=1S/2C5H5.2C4H3FOS.Zr/c2*1-2-4-5-3-1;2*5-3-1-2-7-4(3)6;/h2*1-3H,4H2;2*1-2,6H;/q2*-1;;;+2. The van der Waals surface area contributed by atoms with Crippen molar-refractivity contribution in [3.63, 3.8) is 0 Å². The van der Waals surface area contributed by atoms with Crippen LogP contribution in [0.1, 0.15) is 12.8 Å². The van der Waals surface area contributed by atoms with Crippen molar-refractivity contribution in [3.8, 4) is 10.1 Å².